The van der Waals surface area contributed by atoms with E-state index >= 15 is 0 Å². The summed E-state index contributed by atoms with van der Waals surface area (Å²) in [5, 5.41) is 0.391. The number of nitrogens with one attached hydrogen (secondary N) is 1. The number of carbonyl (C=O) groups is 1. The lowest BCUT2D eigenvalue weighted by molar-refractivity contribution is 0.0393. The number of ether oxygens (including phenoxy) is 2. The van der Waals surface area contributed by atoms with Crippen molar-refractivity contribution in [1.82, 2.24) is 9.97 Å². The van der Waals surface area contributed by atoms with Gasteiger partial charge in [-0.3, -0.25) is 4.79 Å². The smallest absolute Gasteiger partial charge is 0.348 e. The van der Waals surface area contributed by atoms with E-state index in [2.05, 4.69) is 9.97 Å². The maximum Gasteiger partial charge on any atom is 0.348 e. The van der Waals surface area contributed by atoms with Gasteiger partial charge in [0.1, 0.15) is 28.0 Å². The van der Waals surface area contributed by atoms with Crippen molar-refractivity contribution in [2.45, 2.75) is 20.4 Å². The van der Waals surface area contributed by atoms with E-state index < -0.39 is 5.97 Å². The van der Waals surface area contributed by atoms with Gasteiger partial charge in [0.15, 0.2) is 0 Å². The van der Waals surface area contributed by atoms with Crippen LogP contribution in [0.4, 0.5) is 10.1 Å². The third-order valence-electron chi connectivity index (χ3n) is 4.47. The summed E-state index contributed by atoms with van der Waals surface area (Å²) < 4.78 is 23.2. The molecule has 9 heteroatoms. The summed E-state index contributed by atoms with van der Waals surface area (Å²) in [6, 6.07) is 6.14. The highest BCUT2D eigenvalue weighted by Gasteiger charge is 2.21. The molecule has 2 aromatic heterocycles. The summed E-state index contributed by atoms with van der Waals surface area (Å²) in [5.41, 5.74) is 1.07. The van der Waals surface area contributed by atoms with Gasteiger partial charge in [0.2, 0.25) is 0 Å². The van der Waals surface area contributed by atoms with Crippen molar-refractivity contribution < 1.29 is 18.7 Å². The van der Waals surface area contributed by atoms with Crippen molar-refractivity contribution in [1.29, 1.82) is 0 Å². The van der Waals surface area contributed by atoms with Crippen molar-refractivity contribution in [2.75, 3.05) is 31.8 Å². The van der Waals surface area contributed by atoms with Gasteiger partial charge < -0.3 is 19.4 Å². The number of fused-ring (bicyclic) bond motifs is 1. The topological polar surface area (TPSA) is 84.5 Å². The Morgan fingerprint density at radius 2 is 2.00 bits per heavy atom. The van der Waals surface area contributed by atoms with E-state index in [0.29, 0.717) is 46.2 Å². The predicted octanol–water partition coefficient (Wildman–Crippen LogP) is 3.26. The van der Waals surface area contributed by atoms with Crippen LogP contribution in [0.1, 0.15) is 28.0 Å². The molecule has 2 heterocycles. The molecule has 3 rings (SSSR count). The number of methoxy groups -OCH3 is 1. The Morgan fingerprint density at radius 3 is 2.66 bits per heavy atom. The number of anilines is 1. The molecule has 0 amide bonds. The minimum absolute atomic E-state index is 0.140. The molecular formula is C20H22FN3O4S. The van der Waals surface area contributed by atoms with Gasteiger partial charge in [-0.05, 0) is 43.7 Å². The van der Waals surface area contributed by atoms with E-state index in [4.69, 9.17) is 9.47 Å². The fourth-order valence-electron chi connectivity index (χ4n) is 2.96. The van der Waals surface area contributed by atoms with Crippen LogP contribution in [0.15, 0.2) is 29.1 Å². The second-order valence-corrected chi connectivity index (χ2v) is 7.37. The van der Waals surface area contributed by atoms with Crippen molar-refractivity contribution in [3.05, 3.63) is 56.7 Å². The summed E-state index contributed by atoms with van der Waals surface area (Å²) in [4.78, 5) is 35.1. The number of hydrogen-bond donors (Lipinski definition) is 1. The quantitative estimate of drug-likeness (QED) is 0.446. The average molecular weight is 419 g/mol. The van der Waals surface area contributed by atoms with E-state index in [0.717, 1.165) is 17.0 Å². The molecule has 0 radical (unpaired) electrons. The number of rotatable bonds is 8. The lowest BCUT2D eigenvalue weighted by Gasteiger charge is -2.22. The highest BCUT2D eigenvalue weighted by atomic mass is 32.1. The predicted molar refractivity (Wildman–Crippen MR) is 110 cm³/mol. The molecule has 0 spiro atoms. The lowest BCUT2D eigenvalue weighted by atomic mass is 10.2. The highest BCUT2D eigenvalue weighted by molar-refractivity contribution is 7.20. The number of H-pyrrole nitrogens is 1. The molecular weight excluding hydrogens is 397 g/mol. The van der Waals surface area contributed by atoms with Crippen LogP contribution in [-0.4, -0.2) is 42.8 Å². The van der Waals surface area contributed by atoms with E-state index in [-0.39, 0.29) is 18.0 Å². The van der Waals surface area contributed by atoms with Crippen molar-refractivity contribution in [2.24, 2.45) is 0 Å². The summed E-state index contributed by atoms with van der Waals surface area (Å²) in [5.74, 6) is -0.337. The molecule has 0 saturated heterocycles. The first-order chi connectivity index (χ1) is 13.9. The molecule has 0 saturated carbocycles. The van der Waals surface area contributed by atoms with Crippen LogP contribution in [-0.2, 0) is 16.0 Å². The first kappa shape index (κ1) is 20.9. The van der Waals surface area contributed by atoms with E-state index in [9.17, 15) is 14.0 Å². The van der Waals surface area contributed by atoms with Gasteiger partial charge in [-0.1, -0.05) is 0 Å². The molecule has 0 aliphatic heterocycles. The Bertz CT molecular complexity index is 1060. The second-order valence-electron chi connectivity index (χ2n) is 6.37. The van der Waals surface area contributed by atoms with Crippen LogP contribution < -0.4 is 10.5 Å². The molecule has 0 fully saturated rings. The summed E-state index contributed by atoms with van der Waals surface area (Å²) in [6.07, 6.45) is 0. The molecule has 29 heavy (non-hydrogen) atoms. The first-order valence-electron chi connectivity index (χ1n) is 9.13. The van der Waals surface area contributed by atoms with Crippen molar-refractivity contribution in [3.63, 3.8) is 0 Å². The van der Waals surface area contributed by atoms with Crippen molar-refractivity contribution in [3.8, 4) is 0 Å². The minimum atomic E-state index is -0.495. The Hall–Kier alpha value is -2.78. The Balaban J connectivity index is 1.89. The summed E-state index contributed by atoms with van der Waals surface area (Å²) in [7, 11) is 1.52. The van der Waals surface area contributed by atoms with Crippen LogP contribution >= 0.6 is 11.3 Å². The number of aryl methyl sites for hydroxylation is 1. The number of aromatic nitrogens is 2. The number of esters is 1. The molecule has 7 nitrogen and oxygen atoms in total. The summed E-state index contributed by atoms with van der Waals surface area (Å²) in [6.45, 7) is 5.10. The first-order valence-corrected chi connectivity index (χ1v) is 9.95. The fourth-order valence-corrected chi connectivity index (χ4v) is 4.05. The number of aromatic amines is 1. The van der Waals surface area contributed by atoms with Gasteiger partial charge in [0.05, 0.1) is 18.5 Å². The molecule has 1 N–H and O–H groups in total. The SMILES string of the molecule is CCN(Cc1nc2sc(C(=O)OCCOC)c(C)c2c(=O)[nH]1)c1ccc(F)cc1. The van der Waals surface area contributed by atoms with Gasteiger partial charge in [-0.2, -0.15) is 0 Å². The average Bonchev–Trinajstić information content (AvgIpc) is 3.04. The zero-order chi connectivity index (χ0) is 21.0. The van der Waals surface area contributed by atoms with Crippen LogP contribution in [0, 0.1) is 12.7 Å². The third kappa shape index (κ3) is 4.63. The number of hydrogen-bond acceptors (Lipinski definition) is 7. The lowest BCUT2D eigenvalue weighted by Crippen LogP contribution is -2.25. The number of benzene rings is 1. The number of thiophene rings is 1. The van der Waals surface area contributed by atoms with Gasteiger partial charge in [0, 0.05) is 19.3 Å². The van der Waals surface area contributed by atoms with Crippen molar-refractivity contribution >= 4 is 33.2 Å². The Labute approximate surface area is 171 Å². The van der Waals surface area contributed by atoms with Crippen LogP contribution in [0.3, 0.4) is 0 Å². The van der Waals surface area contributed by atoms with Crippen LogP contribution in [0.5, 0.6) is 0 Å². The number of halogens is 1. The Morgan fingerprint density at radius 1 is 1.28 bits per heavy atom. The molecule has 0 bridgehead atoms. The van der Waals surface area contributed by atoms with Gasteiger partial charge in [0.25, 0.3) is 5.56 Å². The van der Waals surface area contributed by atoms with Gasteiger partial charge >= 0.3 is 5.97 Å². The largest absolute Gasteiger partial charge is 0.459 e. The van der Waals surface area contributed by atoms with Gasteiger partial charge in [-0.25, -0.2) is 14.2 Å². The van der Waals surface area contributed by atoms with E-state index in [1.165, 1.54) is 19.2 Å². The Kier molecular flexibility index (Phi) is 6.60. The molecule has 3 aromatic rings. The molecule has 154 valence electrons. The molecule has 0 unspecified atom stereocenters. The maximum absolute atomic E-state index is 13.2. The maximum atomic E-state index is 13.2. The molecule has 0 aliphatic carbocycles. The second kappa shape index (κ2) is 9.15. The van der Waals surface area contributed by atoms with Crippen LogP contribution in [0.2, 0.25) is 0 Å². The normalized spacial score (nSPS) is 11.0. The fraction of sp³-hybridized carbons (Fsp3) is 0.350. The van der Waals surface area contributed by atoms with Gasteiger partial charge in [-0.15, -0.1) is 11.3 Å². The molecule has 1 aromatic carbocycles. The third-order valence-corrected chi connectivity index (χ3v) is 5.64. The van der Waals surface area contributed by atoms with Crippen LogP contribution in [0.25, 0.3) is 10.2 Å². The number of nitrogens with zero attached hydrogens (tertiary/aromatic N) is 2. The number of carbonyl (C=O) groups excluding carboxylic acids is 1. The standard InChI is InChI=1S/C20H22FN3O4S/c1-4-24(14-7-5-13(21)6-8-14)11-15-22-18(25)16-12(2)17(29-19(16)23-15)20(26)28-10-9-27-3/h5-8H,4,9-11H2,1-3H3,(H,22,23,25). The van der Waals surface area contributed by atoms with E-state index in [1.54, 1.807) is 19.1 Å². The molecule has 0 aliphatic rings. The zero-order valence-electron chi connectivity index (χ0n) is 16.5. The van der Waals surface area contributed by atoms with E-state index in [1.807, 2.05) is 11.8 Å². The zero-order valence-corrected chi connectivity index (χ0v) is 17.3. The highest BCUT2D eigenvalue weighted by Crippen LogP contribution is 2.28. The molecule has 0 atom stereocenters. The minimum Gasteiger partial charge on any atom is -0.459 e. The summed E-state index contributed by atoms with van der Waals surface area (Å²) >= 11 is 1.14. The monoisotopic (exact) mass is 419 g/mol.